The summed E-state index contributed by atoms with van der Waals surface area (Å²) in [4.78, 5) is 13.3. The van der Waals surface area contributed by atoms with Crippen LogP contribution in [-0.4, -0.2) is 44.7 Å². The Morgan fingerprint density at radius 1 is 1.07 bits per heavy atom. The first-order chi connectivity index (χ1) is 13.4. The molecule has 1 aliphatic heterocycles. The van der Waals surface area contributed by atoms with Gasteiger partial charge in [-0.15, -0.1) is 0 Å². The van der Waals surface area contributed by atoms with Gasteiger partial charge < -0.3 is 9.33 Å². The Balaban J connectivity index is 2.03. The van der Waals surface area contributed by atoms with Gasteiger partial charge in [-0.05, 0) is 22.3 Å². The third-order valence-electron chi connectivity index (χ3n) is 5.30. The number of benzene rings is 2. The second kappa shape index (κ2) is 8.28. The maximum Gasteiger partial charge on any atom is 0.261 e. The summed E-state index contributed by atoms with van der Waals surface area (Å²) in [5, 5.41) is 6.74. The van der Waals surface area contributed by atoms with Gasteiger partial charge in [-0.3, -0.25) is 10.2 Å². The third-order valence-corrected chi connectivity index (χ3v) is 10.3. The van der Waals surface area contributed by atoms with Gasteiger partial charge in [-0.2, -0.15) is 5.10 Å². The molecule has 0 saturated heterocycles. The molecule has 0 saturated carbocycles. The first-order valence-electron chi connectivity index (χ1n) is 9.73. The van der Waals surface area contributed by atoms with Crippen LogP contribution in [-0.2, 0) is 9.22 Å². The molecule has 1 heterocycles. The summed E-state index contributed by atoms with van der Waals surface area (Å²) in [5.74, 6) is 0.771. The SMILES string of the molecule is CCN1C(CO[Si](c2ccccc2)(c2ccccc2)C(C)(C)C)=NNC1C=O. The van der Waals surface area contributed by atoms with Crippen molar-refractivity contribution in [3.05, 3.63) is 60.7 Å². The fourth-order valence-corrected chi connectivity index (χ4v) is 8.47. The standard InChI is InChI=1S/C22H29N3O2Si/c1-5-25-20(16-26)23-24-21(25)17-27-28(22(2,3)4,18-12-8-6-9-13-18)19-14-10-7-11-15-19/h6-16,20,23H,5,17H2,1-4H3. The van der Waals surface area contributed by atoms with E-state index in [0.717, 1.165) is 12.1 Å². The summed E-state index contributed by atoms with van der Waals surface area (Å²) in [6, 6.07) is 21.1. The summed E-state index contributed by atoms with van der Waals surface area (Å²) < 4.78 is 6.89. The van der Waals surface area contributed by atoms with Crippen molar-refractivity contribution in [2.24, 2.45) is 5.10 Å². The molecule has 1 unspecified atom stereocenters. The number of nitrogens with zero attached hydrogens (tertiary/aromatic N) is 2. The van der Waals surface area contributed by atoms with Crippen molar-refractivity contribution < 1.29 is 9.22 Å². The molecule has 0 aliphatic carbocycles. The molecule has 2 aromatic carbocycles. The molecule has 28 heavy (non-hydrogen) atoms. The smallest absolute Gasteiger partial charge is 0.261 e. The van der Waals surface area contributed by atoms with Gasteiger partial charge in [0.2, 0.25) is 0 Å². The van der Waals surface area contributed by atoms with E-state index in [1.807, 2.05) is 24.0 Å². The van der Waals surface area contributed by atoms with Crippen molar-refractivity contribution >= 4 is 30.8 Å². The molecule has 3 rings (SSSR count). The normalized spacial score (nSPS) is 17.2. The lowest BCUT2D eigenvalue weighted by atomic mass is 10.2. The number of carbonyl (C=O) groups is 1. The molecular formula is C22H29N3O2Si. The molecule has 1 atom stereocenters. The molecule has 0 fully saturated rings. The minimum atomic E-state index is -2.62. The second-order valence-electron chi connectivity index (χ2n) is 7.98. The van der Waals surface area contributed by atoms with E-state index in [1.165, 1.54) is 10.4 Å². The molecule has 0 aromatic heterocycles. The lowest BCUT2D eigenvalue weighted by molar-refractivity contribution is -0.111. The summed E-state index contributed by atoms with van der Waals surface area (Å²) >= 11 is 0. The van der Waals surface area contributed by atoms with Crippen molar-refractivity contribution in [3.8, 4) is 0 Å². The maximum absolute atomic E-state index is 11.3. The third kappa shape index (κ3) is 3.62. The zero-order chi connectivity index (χ0) is 20.2. The van der Waals surface area contributed by atoms with Crippen molar-refractivity contribution in [2.45, 2.75) is 38.9 Å². The summed E-state index contributed by atoms with van der Waals surface area (Å²) in [6.45, 7) is 9.82. The first-order valence-corrected chi connectivity index (χ1v) is 11.6. The number of aldehydes is 1. The molecule has 5 nitrogen and oxygen atoms in total. The van der Waals surface area contributed by atoms with Crippen LogP contribution < -0.4 is 15.8 Å². The summed E-state index contributed by atoms with van der Waals surface area (Å²) in [6.07, 6.45) is 0.464. The fraction of sp³-hybridized carbons (Fsp3) is 0.364. The molecule has 0 amide bonds. The number of likely N-dealkylation sites (N-methyl/N-ethyl adjacent to an activating group) is 1. The van der Waals surface area contributed by atoms with Crippen LogP contribution in [0.3, 0.4) is 0 Å². The maximum atomic E-state index is 11.3. The van der Waals surface area contributed by atoms with Crippen LogP contribution in [0.4, 0.5) is 0 Å². The molecule has 2 aromatic rings. The van der Waals surface area contributed by atoms with Gasteiger partial charge in [0.1, 0.15) is 0 Å². The summed E-state index contributed by atoms with van der Waals surface area (Å²) in [7, 11) is -2.62. The first kappa shape index (κ1) is 20.3. The van der Waals surface area contributed by atoms with E-state index in [0.29, 0.717) is 13.2 Å². The van der Waals surface area contributed by atoms with Gasteiger partial charge in [0, 0.05) is 6.54 Å². The largest absolute Gasteiger partial charge is 0.400 e. The Labute approximate surface area is 168 Å². The quantitative estimate of drug-likeness (QED) is 0.577. The van der Waals surface area contributed by atoms with Gasteiger partial charge in [0.05, 0.1) is 6.61 Å². The number of hydrazone groups is 1. The number of hydrogen-bond donors (Lipinski definition) is 1. The van der Waals surface area contributed by atoms with Crippen molar-refractivity contribution in [2.75, 3.05) is 13.2 Å². The van der Waals surface area contributed by atoms with Crippen LogP contribution in [0.1, 0.15) is 27.7 Å². The predicted molar refractivity (Wildman–Crippen MR) is 116 cm³/mol. The predicted octanol–water partition coefficient (Wildman–Crippen LogP) is 2.33. The molecule has 6 heteroatoms. The van der Waals surface area contributed by atoms with Gasteiger partial charge in [0.15, 0.2) is 18.3 Å². The second-order valence-corrected chi connectivity index (χ2v) is 12.3. The van der Waals surface area contributed by atoms with Gasteiger partial charge >= 0.3 is 0 Å². The average molecular weight is 396 g/mol. The zero-order valence-corrected chi connectivity index (χ0v) is 18.1. The molecule has 1 aliphatic rings. The highest BCUT2D eigenvalue weighted by atomic mass is 28.4. The van der Waals surface area contributed by atoms with Crippen LogP contribution >= 0.6 is 0 Å². The highest BCUT2D eigenvalue weighted by molar-refractivity contribution is 6.99. The Morgan fingerprint density at radius 3 is 2.04 bits per heavy atom. The topological polar surface area (TPSA) is 53.9 Å². The van der Waals surface area contributed by atoms with Crippen LogP contribution in [0.2, 0.25) is 5.04 Å². The van der Waals surface area contributed by atoms with E-state index >= 15 is 0 Å². The number of hydrogen-bond acceptors (Lipinski definition) is 5. The van der Waals surface area contributed by atoms with E-state index in [2.05, 4.69) is 79.8 Å². The summed E-state index contributed by atoms with van der Waals surface area (Å²) in [5.41, 5.74) is 2.89. The molecule has 0 bridgehead atoms. The Kier molecular flexibility index (Phi) is 6.01. The number of nitrogens with one attached hydrogen (secondary N) is 1. The Morgan fingerprint density at radius 2 is 1.61 bits per heavy atom. The molecule has 1 N–H and O–H groups in total. The van der Waals surface area contributed by atoms with Crippen LogP contribution in [0.25, 0.3) is 0 Å². The van der Waals surface area contributed by atoms with Crippen LogP contribution in [0.15, 0.2) is 65.8 Å². The monoisotopic (exact) mass is 395 g/mol. The highest BCUT2D eigenvalue weighted by Gasteiger charge is 2.50. The zero-order valence-electron chi connectivity index (χ0n) is 17.1. The van der Waals surface area contributed by atoms with Gasteiger partial charge in [-0.1, -0.05) is 81.4 Å². The Hall–Kier alpha value is -2.44. The van der Waals surface area contributed by atoms with E-state index < -0.39 is 14.5 Å². The highest BCUT2D eigenvalue weighted by Crippen LogP contribution is 2.36. The van der Waals surface area contributed by atoms with Crippen molar-refractivity contribution in [3.63, 3.8) is 0 Å². The van der Waals surface area contributed by atoms with E-state index in [9.17, 15) is 4.79 Å². The number of carbonyl (C=O) groups excluding carboxylic acids is 1. The number of amidine groups is 1. The van der Waals surface area contributed by atoms with E-state index in [-0.39, 0.29) is 5.04 Å². The molecule has 148 valence electrons. The van der Waals surface area contributed by atoms with Crippen LogP contribution in [0, 0.1) is 0 Å². The lowest BCUT2D eigenvalue weighted by Crippen LogP contribution is -2.67. The minimum Gasteiger partial charge on any atom is -0.400 e. The van der Waals surface area contributed by atoms with Crippen LogP contribution in [0.5, 0.6) is 0 Å². The van der Waals surface area contributed by atoms with E-state index in [4.69, 9.17) is 4.43 Å². The Bertz CT molecular complexity index is 779. The van der Waals surface area contributed by atoms with Crippen molar-refractivity contribution in [1.29, 1.82) is 0 Å². The minimum absolute atomic E-state index is 0.0938. The fourth-order valence-electron chi connectivity index (χ4n) is 3.97. The number of rotatable bonds is 7. The lowest BCUT2D eigenvalue weighted by Gasteiger charge is -2.43. The van der Waals surface area contributed by atoms with Crippen molar-refractivity contribution in [1.82, 2.24) is 10.3 Å². The average Bonchev–Trinajstić information content (AvgIpc) is 3.11. The molecule has 0 spiro atoms. The van der Waals surface area contributed by atoms with E-state index in [1.54, 1.807) is 0 Å². The van der Waals surface area contributed by atoms with Gasteiger partial charge in [-0.25, -0.2) is 0 Å². The molecular weight excluding hydrogens is 366 g/mol. The molecule has 0 radical (unpaired) electrons. The van der Waals surface area contributed by atoms with Gasteiger partial charge in [0.25, 0.3) is 8.32 Å².